The van der Waals surface area contributed by atoms with Crippen LogP contribution >= 0.6 is 0 Å². The molecule has 2 aromatic carbocycles. The molecule has 2 N–H and O–H groups in total. The smallest absolute Gasteiger partial charge is 0.118 e. The summed E-state index contributed by atoms with van der Waals surface area (Å²) in [5, 5.41) is 20.5. The van der Waals surface area contributed by atoms with E-state index >= 15 is 0 Å². The van der Waals surface area contributed by atoms with E-state index in [0.717, 1.165) is 11.1 Å². The van der Waals surface area contributed by atoms with Crippen molar-refractivity contribution < 1.29 is 10.2 Å². The molecule has 0 aliphatic heterocycles. The molecule has 0 saturated heterocycles. The Balaban J connectivity index is 2.77. The summed E-state index contributed by atoms with van der Waals surface area (Å²) in [6, 6.07) is 8.08. The van der Waals surface area contributed by atoms with Gasteiger partial charge in [0, 0.05) is 5.92 Å². The van der Waals surface area contributed by atoms with Crippen molar-refractivity contribution in [1.82, 2.24) is 0 Å². The highest BCUT2D eigenvalue weighted by Gasteiger charge is 2.27. The predicted molar refractivity (Wildman–Crippen MR) is 111 cm³/mol. The number of aromatic hydroxyl groups is 2. The van der Waals surface area contributed by atoms with E-state index in [1.54, 1.807) is 0 Å². The number of phenols is 2. The van der Waals surface area contributed by atoms with Gasteiger partial charge in [0.15, 0.2) is 0 Å². The normalized spacial score (nSPS) is 12.7. The third-order valence-electron chi connectivity index (χ3n) is 5.29. The molecule has 2 heteroatoms. The summed E-state index contributed by atoms with van der Waals surface area (Å²) < 4.78 is 0. The summed E-state index contributed by atoms with van der Waals surface area (Å²) in [6.45, 7) is 19.2. The van der Waals surface area contributed by atoms with Crippen LogP contribution in [0.15, 0.2) is 24.3 Å². The van der Waals surface area contributed by atoms with Gasteiger partial charge in [-0.3, -0.25) is 0 Å². The molecule has 0 bridgehead atoms. The van der Waals surface area contributed by atoms with E-state index in [1.807, 2.05) is 26.0 Å². The van der Waals surface area contributed by atoms with Crippen molar-refractivity contribution in [3.8, 4) is 11.5 Å². The van der Waals surface area contributed by atoms with Crippen LogP contribution in [0.3, 0.4) is 0 Å². The summed E-state index contributed by atoms with van der Waals surface area (Å²) in [7, 11) is 0. The fraction of sp³-hybridized carbons (Fsp3) is 0.500. The predicted octanol–water partition coefficient (Wildman–Crippen LogP) is 6.46. The average molecular weight is 355 g/mol. The van der Waals surface area contributed by atoms with Crippen LogP contribution in [0.25, 0.3) is 0 Å². The molecule has 0 amide bonds. The Morgan fingerprint density at radius 3 is 1.23 bits per heavy atom. The lowest BCUT2D eigenvalue weighted by Crippen LogP contribution is -2.19. The molecule has 142 valence electrons. The summed E-state index contributed by atoms with van der Waals surface area (Å²) in [5.74, 6) is 0.865. The van der Waals surface area contributed by atoms with E-state index in [1.165, 1.54) is 22.3 Å². The molecule has 0 spiro atoms. The highest BCUT2D eigenvalue weighted by molar-refractivity contribution is 5.52. The van der Waals surface area contributed by atoms with E-state index < -0.39 is 0 Å². The van der Waals surface area contributed by atoms with Gasteiger partial charge in [-0.1, -0.05) is 60.6 Å². The number of aryl methyl sites for hydroxylation is 2. The molecule has 0 atom stereocenters. The third-order valence-corrected chi connectivity index (χ3v) is 5.29. The first-order valence-corrected chi connectivity index (χ1v) is 9.41. The van der Waals surface area contributed by atoms with Crippen molar-refractivity contribution in [3.63, 3.8) is 0 Å². The summed E-state index contributed by atoms with van der Waals surface area (Å²) in [4.78, 5) is 0. The Labute approximate surface area is 158 Å². The van der Waals surface area contributed by atoms with Gasteiger partial charge in [0.25, 0.3) is 0 Å². The number of phenolic OH excluding ortho intramolecular Hbond substituents is 2. The maximum Gasteiger partial charge on any atom is 0.118 e. The second-order valence-electron chi connectivity index (χ2n) is 9.67. The van der Waals surface area contributed by atoms with Crippen LogP contribution in [0, 0.1) is 13.8 Å². The molecule has 0 aliphatic rings. The van der Waals surface area contributed by atoms with Gasteiger partial charge in [-0.2, -0.15) is 0 Å². The first kappa shape index (κ1) is 20.4. The second-order valence-corrected chi connectivity index (χ2v) is 9.67. The van der Waals surface area contributed by atoms with E-state index in [2.05, 4.69) is 60.6 Å². The van der Waals surface area contributed by atoms with Gasteiger partial charge in [-0.15, -0.1) is 0 Å². The number of benzene rings is 2. The number of hydrogen-bond donors (Lipinski definition) is 2. The largest absolute Gasteiger partial charge is 0.508 e. The molecule has 0 aromatic heterocycles. The Hall–Kier alpha value is -1.96. The molecule has 0 heterocycles. The van der Waals surface area contributed by atoms with Crippen molar-refractivity contribution in [2.75, 3.05) is 0 Å². The molecule has 0 unspecified atom stereocenters. The first-order valence-electron chi connectivity index (χ1n) is 9.41. The number of hydrogen-bond acceptors (Lipinski definition) is 2. The van der Waals surface area contributed by atoms with E-state index in [4.69, 9.17) is 0 Å². The molecule has 26 heavy (non-hydrogen) atoms. The average Bonchev–Trinajstić information content (AvgIpc) is 2.49. The molecule has 0 radical (unpaired) electrons. The SMILES string of the molecule is Cc1cc(C(C)c2cc(C)c(O)cc2C(C)(C)C)c(C(C)(C)C)cc1O. The Kier molecular flexibility index (Phi) is 5.20. The Bertz CT molecular complexity index is 748. The molecule has 0 fully saturated rings. The molecule has 0 aliphatic carbocycles. The molecule has 2 rings (SSSR count). The van der Waals surface area contributed by atoms with Crippen LogP contribution < -0.4 is 0 Å². The highest BCUT2D eigenvalue weighted by atomic mass is 16.3. The van der Waals surface area contributed by atoms with Crippen LogP contribution in [0.1, 0.15) is 87.8 Å². The summed E-state index contributed by atoms with van der Waals surface area (Å²) in [5.41, 5.74) is 6.47. The van der Waals surface area contributed by atoms with E-state index in [9.17, 15) is 10.2 Å². The van der Waals surface area contributed by atoms with Gasteiger partial charge in [0.1, 0.15) is 11.5 Å². The van der Waals surface area contributed by atoms with Crippen LogP contribution in [0.2, 0.25) is 0 Å². The molecule has 2 nitrogen and oxygen atoms in total. The maximum atomic E-state index is 10.3. The Morgan fingerprint density at radius 2 is 0.962 bits per heavy atom. The minimum absolute atomic E-state index is 0.0668. The first-order chi connectivity index (χ1) is 11.7. The monoisotopic (exact) mass is 354 g/mol. The fourth-order valence-electron chi connectivity index (χ4n) is 3.62. The van der Waals surface area contributed by atoms with Crippen LogP contribution in [0.5, 0.6) is 11.5 Å². The van der Waals surface area contributed by atoms with Crippen LogP contribution in [-0.4, -0.2) is 10.2 Å². The van der Waals surface area contributed by atoms with Gasteiger partial charge < -0.3 is 10.2 Å². The zero-order chi connectivity index (χ0) is 20.0. The van der Waals surface area contributed by atoms with Gasteiger partial charge in [0.05, 0.1) is 0 Å². The lowest BCUT2D eigenvalue weighted by Gasteiger charge is -2.31. The van der Waals surface area contributed by atoms with E-state index in [0.29, 0.717) is 11.5 Å². The van der Waals surface area contributed by atoms with Crippen molar-refractivity contribution >= 4 is 0 Å². The molecular formula is C24H34O2. The van der Waals surface area contributed by atoms with Crippen molar-refractivity contribution in [1.29, 1.82) is 0 Å². The minimum Gasteiger partial charge on any atom is -0.508 e. The summed E-state index contributed by atoms with van der Waals surface area (Å²) >= 11 is 0. The van der Waals surface area contributed by atoms with Crippen LogP contribution in [0.4, 0.5) is 0 Å². The topological polar surface area (TPSA) is 40.5 Å². The zero-order valence-electron chi connectivity index (χ0n) is 17.8. The van der Waals surface area contributed by atoms with Crippen LogP contribution in [-0.2, 0) is 10.8 Å². The van der Waals surface area contributed by atoms with Gasteiger partial charge >= 0.3 is 0 Å². The quantitative estimate of drug-likeness (QED) is 0.649. The van der Waals surface area contributed by atoms with Crippen molar-refractivity contribution in [3.05, 3.63) is 57.6 Å². The highest BCUT2D eigenvalue weighted by Crippen LogP contribution is 2.42. The van der Waals surface area contributed by atoms with Gasteiger partial charge in [-0.05, 0) is 70.2 Å². The maximum absolute atomic E-state index is 10.3. The molecule has 0 saturated carbocycles. The number of rotatable bonds is 2. The fourth-order valence-corrected chi connectivity index (χ4v) is 3.62. The Morgan fingerprint density at radius 1 is 0.654 bits per heavy atom. The molecule has 2 aromatic rings. The standard InChI is InChI=1S/C24H34O2/c1-14-10-17(19(12-21(14)25)23(4,5)6)16(3)18-11-15(2)22(26)13-20(18)24(7,8)9/h10-13,16,25-26H,1-9H3. The third kappa shape index (κ3) is 3.90. The minimum atomic E-state index is -0.0668. The summed E-state index contributed by atoms with van der Waals surface area (Å²) in [6.07, 6.45) is 0. The lowest BCUT2D eigenvalue weighted by molar-refractivity contribution is 0.464. The second kappa shape index (κ2) is 6.64. The van der Waals surface area contributed by atoms with E-state index in [-0.39, 0.29) is 16.7 Å². The van der Waals surface area contributed by atoms with Crippen molar-refractivity contribution in [2.45, 2.75) is 79.1 Å². The lowest BCUT2D eigenvalue weighted by atomic mass is 9.74. The molecular weight excluding hydrogens is 320 g/mol. The van der Waals surface area contributed by atoms with Gasteiger partial charge in [-0.25, -0.2) is 0 Å². The zero-order valence-corrected chi connectivity index (χ0v) is 17.8. The van der Waals surface area contributed by atoms with Crippen molar-refractivity contribution in [2.24, 2.45) is 0 Å². The van der Waals surface area contributed by atoms with Gasteiger partial charge in [0.2, 0.25) is 0 Å².